The van der Waals surface area contributed by atoms with Gasteiger partial charge in [-0.15, -0.1) is 5.10 Å². The third kappa shape index (κ3) is 3.25. The lowest BCUT2D eigenvalue weighted by Gasteiger charge is -2.06. The van der Waals surface area contributed by atoms with Crippen LogP contribution < -0.4 is 5.32 Å². The highest BCUT2D eigenvalue weighted by Crippen LogP contribution is 2.13. The van der Waals surface area contributed by atoms with Crippen molar-refractivity contribution in [3.05, 3.63) is 29.7 Å². The van der Waals surface area contributed by atoms with Crippen LogP contribution in [0.2, 0.25) is 0 Å². The van der Waals surface area contributed by atoms with Gasteiger partial charge < -0.3 is 10.4 Å². The normalized spacial score (nSPS) is 10.5. The summed E-state index contributed by atoms with van der Waals surface area (Å²) in [7, 11) is 0. The lowest BCUT2D eigenvalue weighted by atomic mass is 10.3. The van der Waals surface area contributed by atoms with Crippen LogP contribution in [-0.2, 0) is 24.3 Å². The average molecular weight is 280 g/mol. The van der Waals surface area contributed by atoms with Crippen molar-refractivity contribution in [2.24, 2.45) is 0 Å². The van der Waals surface area contributed by atoms with Crippen LogP contribution in [0.25, 0.3) is 0 Å². The van der Waals surface area contributed by atoms with Crippen LogP contribution in [0.5, 0.6) is 0 Å². The fourth-order valence-electron chi connectivity index (χ4n) is 1.59. The molecular weight excluding hydrogens is 267 g/mol. The molecular formula is C11H13FN6O2. The second-order valence-corrected chi connectivity index (χ2v) is 3.99. The molecule has 2 heterocycles. The predicted molar refractivity (Wildman–Crippen MR) is 66.4 cm³/mol. The molecule has 0 aliphatic carbocycles. The maximum atomic E-state index is 13.8. The highest BCUT2D eigenvalue weighted by molar-refractivity contribution is 5.66. The summed E-state index contributed by atoms with van der Waals surface area (Å²) in [4.78, 5) is 18.1. The number of aryl methyl sites for hydroxylation is 1. The van der Waals surface area contributed by atoms with Crippen molar-refractivity contribution in [1.82, 2.24) is 25.0 Å². The van der Waals surface area contributed by atoms with Gasteiger partial charge in [0.2, 0.25) is 0 Å². The van der Waals surface area contributed by atoms with Gasteiger partial charge in [0.25, 0.3) is 0 Å². The zero-order valence-electron chi connectivity index (χ0n) is 10.7. The largest absolute Gasteiger partial charge is 0.480 e. The fourth-order valence-corrected chi connectivity index (χ4v) is 1.59. The van der Waals surface area contributed by atoms with Crippen molar-refractivity contribution in [1.29, 1.82) is 0 Å². The van der Waals surface area contributed by atoms with Gasteiger partial charge in [0, 0.05) is 0 Å². The number of hydrogen-bond acceptors (Lipinski definition) is 6. The minimum absolute atomic E-state index is 0.0876. The van der Waals surface area contributed by atoms with Gasteiger partial charge >= 0.3 is 5.97 Å². The van der Waals surface area contributed by atoms with Crippen LogP contribution in [0.3, 0.4) is 0 Å². The van der Waals surface area contributed by atoms with Gasteiger partial charge in [-0.2, -0.15) is 0 Å². The molecule has 2 aromatic heterocycles. The van der Waals surface area contributed by atoms with Crippen molar-refractivity contribution in [2.45, 2.75) is 26.4 Å². The predicted octanol–water partition coefficient (Wildman–Crippen LogP) is 0.466. The van der Waals surface area contributed by atoms with Gasteiger partial charge in [-0.25, -0.2) is 19.0 Å². The van der Waals surface area contributed by atoms with Crippen molar-refractivity contribution in [2.75, 3.05) is 5.32 Å². The van der Waals surface area contributed by atoms with E-state index in [1.165, 1.54) is 17.2 Å². The first-order valence-electron chi connectivity index (χ1n) is 5.94. The summed E-state index contributed by atoms with van der Waals surface area (Å²) in [5, 5.41) is 18.8. The number of aliphatic carboxylic acids is 1. The van der Waals surface area contributed by atoms with Crippen molar-refractivity contribution < 1.29 is 14.3 Å². The van der Waals surface area contributed by atoms with E-state index in [-0.39, 0.29) is 18.9 Å². The number of nitrogens with one attached hydrogen (secondary N) is 1. The van der Waals surface area contributed by atoms with E-state index in [0.29, 0.717) is 17.8 Å². The molecule has 8 nitrogen and oxygen atoms in total. The third-order valence-electron chi connectivity index (χ3n) is 2.52. The molecule has 0 saturated heterocycles. The molecule has 0 aliphatic heterocycles. The van der Waals surface area contributed by atoms with E-state index < -0.39 is 11.8 Å². The molecule has 2 aromatic rings. The molecule has 0 saturated carbocycles. The summed E-state index contributed by atoms with van der Waals surface area (Å²) in [5.41, 5.74) is 0.819. The molecule has 0 aromatic carbocycles. The number of carbonyl (C=O) groups is 1. The number of nitrogens with zero attached hydrogens (tertiary/aromatic N) is 5. The first-order valence-corrected chi connectivity index (χ1v) is 5.94. The molecule has 2 rings (SSSR count). The van der Waals surface area contributed by atoms with Crippen LogP contribution in [0.4, 0.5) is 10.2 Å². The summed E-state index contributed by atoms with van der Waals surface area (Å²) in [6.07, 6.45) is 3.23. The second-order valence-electron chi connectivity index (χ2n) is 3.99. The molecule has 106 valence electrons. The first-order chi connectivity index (χ1) is 9.60. The van der Waals surface area contributed by atoms with Crippen molar-refractivity contribution in [3.8, 4) is 0 Å². The molecule has 0 aliphatic rings. The maximum Gasteiger partial charge on any atom is 0.325 e. The number of carboxylic acid groups (broad SMARTS) is 1. The summed E-state index contributed by atoms with van der Waals surface area (Å²) in [5.74, 6) is -1.42. The molecule has 0 atom stereocenters. The van der Waals surface area contributed by atoms with E-state index in [9.17, 15) is 9.18 Å². The number of rotatable bonds is 6. The average Bonchev–Trinajstić information content (AvgIpc) is 2.84. The van der Waals surface area contributed by atoms with Crippen molar-refractivity contribution >= 4 is 11.8 Å². The van der Waals surface area contributed by atoms with Gasteiger partial charge in [-0.3, -0.25) is 4.79 Å². The van der Waals surface area contributed by atoms with Gasteiger partial charge in [0.05, 0.1) is 18.4 Å². The first kappa shape index (κ1) is 13.8. The van der Waals surface area contributed by atoms with E-state index in [4.69, 9.17) is 5.11 Å². The van der Waals surface area contributed by atoms with Crippen molar-refractivity contribution in [3.63, 3.8) is 0 Å². The Balaban J connectivity index is 2.02. The zero-order chi connectivity index (χ0) is 14.5. The Bertz CT molecular complexity index is 615. The van der Waals surface area contributed by atoms with Crippen LogP contribution in [0.1, 0.15) is 18.3 Å². The Hall–Kier alpha value is -2.58. The van der Waals surface area contributed by atoms with Crippen LogP contribution in [0, 0.1) is 5.82 Å². The monoisotopic (exact) mass is 280 g/mol. The number of hydrogen-bond donors (Lipinski definition) is 2. The number of halogens is 1. The Morgan fingerprint density at radius 3 is 3.00 bits per heavy atom. The maximum absolute atomic E-state index is 13.8. The zero-order valence-corrected chi connectivity index (χ0v) is 10.7. The van der Waals surface area contributed by atoms with E-state index in [2.05, 4.69) is 25.6 Å². The number of carboxylic acids is 1. The topological polar surface area (TPSA) is 106 Å². The molecule has 0 unspecified atom stereocenters. The van der Waals surface area contributed by atoms with Gasteiger partial charge in [0.1, 0.15) is 18.6 Å². The highest BCUT2D eigenvalue weighted by Gasteiger charge is 2.10. The molecule has 9 heteroatoms. The number of aromatic nitrogens is 5. The summed E-state index contributed by atoms with van der Waals surface area (Å²) < 4.78 is 15.0. The number of anilines is 1. The summed E-state index contributed by atoms with van der Waals surface area (Å²) in [6.45, 7) is 1.72. The molecule has 0 fully saturated rings. The van der Waals surface area contributed by atoms with E-state index in [1.807, 2.05) is 0 Å². The molecule has 0 radical (unpaired) electrons. The Kier molecular flexibility index (Phi) is 4.18. The van der Waals surface area contributed by atoms with Gasteiger partial charge in [-0.1, -0.05) is 12.1 Å². The Morgan fingerprint density at radius 2 is 2.30 bits per heavy atom. The van der Waals surface area contributed by atoms with E-state index in [1.54, 1.807) is 6.92 Å². The third-order valence-corrected chi connectivity index (χ3v) is 2.52. The Morgan fingerprint density at radius 1 is 1.50 bits per heavy atom. The van der Waals surface area contributed by atoms with Crippen LogP contribution >= 0.6 is 0 Å². The lowest BCUT2D eigenvalue weighted by Crippen LogP contribution is -2.09. The molecule has 2 N–H and O–H groups in total. The minimum atomic E-state index is -1.01. The molecule has 0 amide bonds. The SMILES string of the molecule is CCc1ncnc(NCc2cn(CC(=O)O)nn2)c1F. The fraction of sp³-hybridized carbons (Fsp3) is 0.364. The second kappa shape index (κ2) is 6.04. The quantitative estimate of drug-likeness (QED) is 0.792. The summed E-state index contributed by atoms with van der Waals surface area (Å²) in [6, 6.07) is 0. The van der Waals surface area contributed by atoms with Gasteiger partial charge in [0.15, 0.2) is 11.6 Å². The Labute approximate surface area is 113 Å². The molecule has 20 heavy (non-hydrogen) atoms. The standard InChI is InChI=1S/C11H13FN6O2/c1-2-8-10(12)11(15-6-14-8)13-3-7-4-18(17-16-7)5-9(19)20/h4,6H,2-3,5H2,1H3,(H,19,20)(H,13,14,15). The van der Waals surface area contributed by atoms with Crippen LogP contribution in [-0.4, -0.2) is 36.0 Å². The van der Waals surface area contributed by atoms with Crippen LogP contribution in [0.15, 0.2) is 12.5 Å². The van der Waals surface area contributed by atoms with E-state index >= 15 is 0 Å². The smallest absolute Gasteiger partial charge is 0.325 e. The molecule has 0 bridgehead atoms. The lowest BCUT2D eigenvalue weighted by molar-refractivity contribution is -0.137. The molecule has 0 spiro atoms. The highest BCUT2D eigenvalue weighted by atomic mass is 19.1. The van der Waals surface area contributed by atoms with Gasteiger partial charge in [-0.05, 0) is 6.42 Å². The minimum Gasteiger partial charge on any atom is -0.480 e. The van der Waals surface area contributed by atoms with E-state index in [0.717, 1.165) is 0 Å². The summed E-state index contributed by atoms with van der Waals surface area (Å²) >= 11 is 0.